The molecule has 2 aromatic carbocycles. The number of methoxy groups -OCH3 is 2. The largest absolute Gasteiger partial charge is 0.493 e. The van der Waals surface area contributed by atoms with E-state index in [0.29, 0.717) is 30.0 Å². The van der Waals surface area contributed by atoms with E-state index in [1.165, 1.54) is 20.3 Å². The molecule has 6 heteroatoms. The van der Waals surface area contributed by atoms with Gasteiger partial charge in [-0.1, -0.05) is 24.3 Å². The lowest BCUT2D eigenvalue weighted by atomic mass is 9.79. The smallest absolute Gasteiger partial charge is 0.454 e. The topological polar surface area (TPSA) is 47.9 Å². The van der Waals surface area contributed by atoms with Gasteiger partial charge in [-0.25, -0.2) is 4.39 Å². The van der Waals surface area contributed by atoms with Crippen molar-refractivity contribution in [2.75, 3.05) is 20.8 Å². The molecule has 0 amide bonds. The molecule has 1 heterocycles. The third-order valence-electron chi connectivity index (χ3n) is 4.12. The molecule has 1 N–H and O–H groups in total. The van der Waals surface area contributed by atoms with Crippen LogP contribution in [0.5, 0.6) is 11.5 Å². The predicted octanol–water partition coefficient (Wildman–Crippen LogP) is 3.10. The number of rotatable bonds is 4. The minimum atomic E-state index is -0.721. The molecule has 1 aliphatic rings. The summed E-state index contributed by atoms with van der Waals surface area (Å²) in [5.74, 6) is 0.585. The maximum atomic E-state index is 14.4. The lowest BCUT2D eigenvalue weighted by Gasteiger charge is -2.13. The molecule has 3 rings (SSSR count). The monoisotopic (exact) mass is 316 g/mol. The molecule has 0 radical (unpaired) electrons. The van der Waals surface area contributed by atoms with Crippen LogP contribution >= 0.6 is 0 Å². The van der Waals surface area contributed by atoms with Gasteiger partial charge in [0.15, 0.2) is 11.5 Å². The Kier molecular flexibility index (Phi) is 4.55. The molecule has 4 nitrogen and oxygen atoms in total. The first kappa shape index (κ1) is 15.8. The van der Waals surface area contributed by atoms with Crippen molar-refractivity contribution < 1.29 is 23.5 Å². The third-order valence-corrected chi connectivity index (χ3v) is 4.12. The second-order valence-electron chi connectivity index (χ2n) is 5.53. The molecule has 1 saturated heterocycles. The van der Waals surface area contributed by atoms with Gasteiger partial charge in [-0.2, -0.15) is 0 Å². The Labute approximate surface area is 135 Å². The molecule has 1 atom stereocenters. The van der Waals surface area contributed by atoms with Crippen LogP contribution in [-0.2, 0) is 4.65 Å². The Morgan fingerprint density at radius 3 is 2.57 bits per heavy atom. The summed E-state index contributed by atoms with van der Waals surface area (Å²) in [4.78, 5) is 0. The highest BCUT2D eigenvalue weighted by molar-refractivity contribution is 6.43. The van der Waals surface area contributed by atoms with Crippen molar-refractivity contribution >= 4 is 7.12 Å². The van der Waals surface area contributed by atoms with E-state index in [1.54, 1.807) is 6.07 Å². The molecule has 2 aromatic rings. The first-order valence-electron chi connectivity index (χ1n) is 7.44. The van der Waals surface area contributed by atoms with Crippen LogP contribution in [0.4, 0.5) is 4.39 Å². The molecule has 1 aliphatic heterocycles. The number of halogens is 1. The lowest BCUT2D eigenvalue weighted by molar-refractivity contribution is 0.292. The maximum absolute atomic E-state index is 14.4. The van der Waals surface area contributed by atoms with Crippen LogP contribution in [-0.4, -0.2) is 33.0 Å². The molecule has 120 valence electrons. The van der Waals surface area contributed by atoms with Crippen LogP contribution < -0.4 is 9.47 Å². The molecule has 0 aliphatic carbocycles. The van der Waals surface area contributed by atoms with E-state index >= 15 is 0 Å². The van der Waals surface area contributed by atoms with Crippen molar-refractivity contribution in [3.63, 3.8) is 0 Å². The molecular weight excluding hydrogens is 298 g/mol. The summed E-state index contributed by atoms with van der Waals surface area (Å²) in [5.41, 5.74) is 2.22. The van der Waals surface area contributed by atoms with Crippen LogP contribution in [0, 0.1) is 5.82 Å². The van der Waals surface area contributed by atoms with Gasteiger partial charge in [0.1, 0.15) is 5.82 Å². The van der Waals surface area contributed by atoms with Gasteiger partial charge in [0.25, 0.3) is 0 Å². The van der Waals surface area contributed by atoms with Crippen LogP contribution in [0.3, 0.4) is 0 Å². The molecule has 0 saturated carbocycles. The predicted molar refractivity (Wildman–Crippen MR) is 86.4 cm³/mol. The van der Waals surface area contributed by atoms with E-state index in [4.69, 9.17) is 14.1 Å². The van der Waals surface area contributed by atoms with Crippen LogP contribution in [0.1, 0.15) is 11.5 Å². The second-order valence-corrected chi connectivity index (χ2v) is 5.53. The zero-order valence-electron chi connectivity index (χ0n) is 13.1. The molecule has 1 fully saturated rings. The highest BCUT2D eigenvalue weighted by atomic mass is 19.1. The Balaban J connectivity index is 1.99. The Bertz CT molecular complexity index is 707. The van der Waals surface area contributed by atoms with Gasteiger partial charge in [0.2, 0.25) is 0 Å². The highest BCUT2D eigenvalue weighted by Gasteiger charge is 2.29. The fraction of sp³-hybridized carbons (Fsp3) is 0.294. The van der Waals surface area contributed by atoms with Crippen LogP contribution in [0.25, 0.3) is 11.1 Å². The lowest BCUT2D eigenvalue weighted by Crippen LogP contribution is -2.07. The summed E-state index contributed by atoms with van der Waals surface area (Å²) in [6.07, 6.45) is 0.553. The summed E-state index contributed by atoms with van der Waals surface area (Å²) in [6.45, 7) is 0.471. The number of hydrogen-bond donors (Lipinski definition) is 1. The fourth-order valence-corrected chi connectivity index (χ4v) is 2.87. The van der Waals surface area contributed by atoms with Crippen molar-refractivity contribution in [2.24, 2.45) is 0 Å². The SMILES string of the molecule is COc1cc(F)c(-c2cccc([C@@H]3COB(O)C3)c2)cc1OC. The van der Waals surface area contributed by atoms with E-state index in [0.717, 1.165) is 11.1 Å². The van der Waals surface area contributed by atoms with Crippen molar-refractivity contribution in [1.29, 1.82) is 0 Å². The number of ether oxygens (including phenoxy) is 2. The van der Waals surface area contributed by atoms with Gasteiger partial charge in [0, 0.05) is 24.2 Å². The average Bonchev–Trinajstić information content (AvgIpc) is 3.01. The van der Waals surface area contributed by atoms with Gasteiger partial charge >= 0.3 is 7.12 Å². The van der Waals surface area contributed by atoms with Crippen LogP contribution in [0.2, 0.25) is 6.32 Å². The summed E-state index contributed by atoms with van der Waals surface area (Å²) < 4.78 is 30.0. The molecule has 23 heavy (non-hydrogen) atoms. The van der Waals surface area contributed by atoms with Crippen molar-refractivity contribution in [1.82, 2.24) is 0 Å². The quantitative estimate of drug-likeness (QED) is 0.881. The fourth-order valence-electron chi connectivity index (χ4n) is 2.87. The van der Waals surface area contributed by atoms with Crippen molar-refractivity contribution in [3.8, 4) is 22.6 Å². The average molecular weight is 316 g/mol. The minimum Gasteiger partial charge on any atom is -0.493 e. The third kappa shape index (κ3) is 3.18. The van der Waals surface area contributed by atoms with E-state index in [-0.39, 0.29) is 11.7 Å². The standard InChI is InChI=1S/C17H18BFO4/c1-21-16-7-14(15(19)8-17(16)22-2)12-5-3-4-11(6-12)13-9-18(20)23-10-13/h3-8,13,20H,9-10H2,1-2H3/t13-/m0/s1. The first-order chi connectivity index (χ1) is 11.1. The zero-order valence-corrected chi connectivity index (χ0v) is 13.1. The maximum Gasteiger partial charge on any atom is 0.454 e. The Hall–Kier alpha value is -2.05. The Morgan fingerprint density at radius 1 is 1.17 bits per heavy atom. The summed E-state index contributed by atoms with van der Waals surface area (Å²) >= 11 is 0. The van der Waals surface area contributed by atoms with E-state index in [1.807, 2.05) is 24.3 Å². The summed E-state index contributed by atoms with van der Waals surface area (Å²) in [5, 5.41) is 9.50. The van der Waals surface area contributed by atoms with Gasteiger partial charge in [-0.05, 0) is 23.5 Å². The Morgan fingerprint density at radius 2 is 1.91 bits per heavy atom. The number of benzene rings is 2. The molecule has 0 unspecified atom stereocenters. The van der Waals surface area contributed by atoms with Crippen molar-refractivity contribution in [3.05, 3.63) is 47.8 Å². The van der Waals surface area contributed by atoms with E-state index in [2.05, 4.69) is 0 Å². The first-order valence-corrected chi connectivity index (χ1v) is 7.44. The molecular formula is C17H18BFO4. The van der Waals surface area contributed by atoms with Gasteiger partial charge < -0.3 is 19.2 Å². The number of hydrogen-bond acceptors (Lipinski definition) is 4. The summed E-state index contributed by atoms with van der Waals surface area (Å²) in [7, 11) is 2.28. The van der Waals surface area contributed by atoms with E-state index < -0.39 is 7.12 Å². The van der Waals surface area contributed by atoms with Crippen LogP contribution in [0.15, 0.2) is 36.4 Å². The molecule has 0 aromatic heterocycles. The van der Waals surface area contributed by atoms with Crippen molar-refractivity contribution in [2.45, 2.75) is 12.2 Å². The second kappa shape index (κ2) is 6.60. The normalized spacial score (nSPS) is 17.4. The van der Waals surface area contributed by atoms with E-state index in [9.17, 15) is 9.41 Å². The van der Waals surface area contributed by atoms with Gasteiger partial charge in [0.05, 0.1) is 14.2 Å². The van der Waals surface area contributed by atoms with Gasteiger partial charge in [-0.3, -0.25) is 0 Å². The zero-order chi connectivity index (χ0) is 16.4. The molecule has 0 spiro atoms. The summed E-state index contributed by atoms with van der Waals surface area (Å²) in [6, 6.07) is 10.6. The minimum absolute atomic E-state index is 0.119. The van der Waals surface area contributed by atoms with Gasteiger partial charge in [-0.15, -0.1) is 0 Å². The highest BCUT2D eigenvalue weighted by Crippen LogP contribution is 2.36. The molecule has 0 bridgehead atoms.